The highest BCUT2D eigenvalue weighted by Gasteiger charge is 2.34. The standard InChI is InChI=1S/C60H41NOS/c1-3-24-48(25-4-1)63(49-26-5-2-6-27-49,50-28-15-20-44(40-50)42-18-13-22-46(38-42)52-33-17-34-56-55-32-9-12-37-59(55)62-60(52)56)51-29-16-21-45(41-51)43-19-14-23-47(39-43)61-57-35-10-7-30-53(57)54-31-8-11-36-58(54)61/h1-41H. The molecule has 12 rings (SSSR count). The summed E-state index contributed by atoms with van der Waals surface area (Å²) < 4.78 is 8.90. The molecule has 0 bridgehead atoms. The van der Waals surface area contributed by atoms with Gasteiger partial charge in [0.1, 0.15) is 11.2 Å². The second-order valence-corrected chi connectivity index (χ2v) is 19.2. The largest absolute Gasteiger partial charge is 0.455 e. The molecule has 0 saturated carbocycles. The maximum absolute atomic E-state index is 6.50. The van der Waals surface area contributed by atoms with Crippen LogP contribution in [0.15, 0.2) is 273 Å². The molecular weight excluding hydrogens is 783 g/mol. The van der Waals surface area contributed by atoms with Gasteiger partial charge in [0.15, 0.2) is 0 Å². The molecule has 0 aliphatic carbocycles. The fraction of sp³-hybridized carbons (Fsp3) is 0. The fourth-order valence-corrected chi connectivity index (χ4v) is 13.6. The molecule has 2 heterocycles. The van der Waals surface area contributed by atoms with Gasteiger partial charge in [-0.05, 0) is 113 Å². The summed E-state index contributed by atoms with van der Waals surface area (Å²) in [7, 11) is -2.01. The van der Waals surface area contributed by atoms with Crippen molar-refractivity contribution >= 4 is 53.8 Å². The zero-order valence-corrected chi connectivity index (χ0v) is 35.3. The third kappa shape index (κ3) is 6.12. The number of rotatable bonds is 8. The Bertz CT molecular complexity index is 3540. The molecule has 3 heteroatoms. The maximum atomic E-state index is 6.50. The van der Waals surface area contributed by atoms with E-state index in [0.717, 1.165) is 44.3 Å². The lowest BCUT2D eigenvalue weighted by atomic mass is 9.98. The number of furan rings is 1. The van der Waals surface area contributed by atoms with Gasteiger partial charge < -0.3 is 8.98 Å². The Labute approximate surface area is 368 Å². The smallest absolute Gasteiger partial charge is 0.143 e. The summed E-state index contributed by atoms with van der Waals surface area (Å²) in [5, 5.41) is 4.80. The van der Waals surface area contributed by atoms with Crippen LogP contribution in [0, 0.1) is 0 Å². The second kappa shape index (κ2) is 15.3. The minimum atomic E-state index is -2.01. The molecule has 0 fully saturated rings. The molecule has 0 atom stereocenters. The highest BCUT2D eigenvalue weighted by Crippen LogP contribution is 2.73. The minimum Gasteiger partial charge on any atom is -0.455 e. The quantitative estimate of drug-likeness (QED) is 0.149. The number of benzene rings is 10. The Balaban J connectivity index is 1.02. The second-order valence-electron chi connectivity index (χ2n) is 16.1. The van der Waals surface area contributed by atoms with Crippen LogP contribution in [0.2, 0.25) is 0 Å². The highest BCUT2D eigenvalue weighted by molar-refractivity contribution is 8.34. The lowest BCUT2D eigenvalue weighted by Gasteiger charge is -2.42. The van der Waals surface area contributed by atoms with Gasteiger partial charge >= 0.3 is 0 Å². The molecule has 2 nitrogen and oxygen atoms in total. The number of para-hydroxylation sites is 4. The molecule has 0 N–H and O–H groups in total. The first-order chi connectivity index (χ1) is 31.2. The molecule has 63 heavy (non-hydrogen) atoms. The molecule has 298 valence electrons. The number of hydrogen-bond acceptors (Lipinski definition) is 1. The third-order valence-corrected chi connectivity index (χ3v) is 16.4. The Morgan fingerprint density at radius 3 is 1.38 bits per heavy atom. The van der Waals surface area contributed by atoms with E-state index in [1.54, 1.807) is 0 Å². The van der Waals surface area contributed by atoms with Crippen molar-refractivity contribution in [3.63, 3.8) is 0 Å². The Kier molecular flexibility index (Phi) is 8.95. The molecule has 0 spiro atoms. The molecule has 0 saturated heterocycles. The van der Waals surface area contributed by atoms with E-state index >= 15 is 0 Å². The Morgan fingerprint density at radius 1 is 0.302 bits per heavy atom. The van der Waals surface area contributed by atoms with E-state index in [9.17, 15) is 0 Å². The van der Waals surface area contributed by atoms with E-state index < -0.39 is 10.0 Å². The number of nitrogens with zero attached hydrogens (tertiary/aromatic N) is 1. The van der Waals surface area contributed by atoms with Crippen LogP contribution in [-0.2, 0) is 0 Å². The van der Waals surface area contributed by atoms with E-state index in [1.165, 1.54) is 58.1 Å². The summed E-state index contributed by atoms with van der Waals surface area (Å²) in [6.45, 7) is 0. The SMILES string of the molecule is c1ccc(S(c2ccccc2)(c2cccc(-c3cccc(-c4cccc5c4oc4ccccc45)c3)c2)c2cccc(-c3cccc(-n4c5ccccc5c5ccccc54)c3)c2)cc1. The average Bonchev–Trinajstić information content (AvgIpc) is 3.92. The van der Waals surface area contributed by atoms with Gasteiger partial charge in [-0.3, -0.25) is 0 Å². The molecule has 0 aliphatic heterocycles. The topological polar surface area (TPSA) is 18.1 Å². The fourth-order valence-electron chi connectivity index (χ4n) is 9.66. The minimum absolute atomic E-state index is 0.907. The van der Waals surface area contributed by atoms with Crippen LogP contribution in [0.25, 0.3) is 82.8 Å². The van der Waals surface area contributed by atoms with Gasteiger partial charge in [0.2, 0.25) is 0 Å². The van der Waals surface area contributed by atoms with Gasteiger partial charge in [-0.15, -0.1) is 10.0 Å². The molecule has 0 amide bonds. The van der Waals surface area contributed by atoms with Gasteiger partial charge in [0.05, 0.1) is 11.0 Å². The summed E-state index contributed by atoms with van der Waals surface area (Å²) in [6.07, 6.45) is 0. The van der Waals surface area contributed by atoms with Crippen LogP contribution in [0.3, 0.4) is 0 Å². The lowest BCUT2D eigenvalue weighted by Crippen LogP contribution is -2.05. The summed E-state index contributed by atoms with van der Waals surface area (Å²) >= 11 is 0. The molecule has 10 aromatic carbocycles. The highest BCUT2D eigenvalue weighted by atomic mass is 32.3. The first-order valence-corrected chi connectivity index (χ1v) is 23.1. The van der Waals surface area contributed by atoms with Crippen molar-refractivity contribution in [2.75, 3.05) is 0 Å². The lowest BCUT2D eigenvalue weighted by molar-refractivity contribution is 0.670. The molecular formula is C60H41NOS. The predicted molar refractivity (Wildman–Crippen MR) is 264 cm³/mol. The van der Waals surface area contributed by atoms with Crippen LogP contribution < -0.4 is 0 Å². The van der Waals surface area contributed by atoms with Gasteiger partial charge in [0, 0.05) is 52.4 Å². The van der Waals surface area contributed by atoms with E-state index in [1.807, 2.05) is 6.07 Å². The van der Waals surface area contributed by atoms with E-state index in [0.29, 0.717) is 0 Å². The van der Waals surface area contributed by atoms with Crippen LogP contribution in [-0.4, -0.2) is 4.57 Å². The molecule has 0 radical (unpaired) electrons. The molecule has 0 aliphatic rings. The van der Waals surface area contributed by atoms with Crippen LogP contribution in [0.1, 0.15) is 0 Å². The van der Waals surface area contributed by atoms with Gasteiger partial charge in [-0.1, -0.05) is 164 Å². The van der Waals surface area contributed by atoms with Crippen molar-refractivity contribution in [2.24, 2.45) is 0 Å². The van der Waals surface area contributed by atoms with E-state index in [2.05, 4.69) is 247 Å². The number of aromatic nitrogens is 1. The summed E-state index contributed by atoms with van der Waals surface area (Å²) in [5.41, 5.74) is 12.3. The van der Waals surface area contributed by atoms with Crippen LogP contribution in [0.4, 0.5) is 0 Å². The zero-order chi connectivity index (χ0) is 41.7. The van der Waals surface area contributed by atoms with Crippen molar-refractivity contribution < 1.29 is 4.42 Å². The summed E-state index contributed by atoms with van der Waals surface area (Å²) in [6, 6.07) is 91.0. The van der Waals surface area contributed by atoms with Crippen molar-refractivity contribution in [1.82, 2.24) is 4.57 Å². The van der Waals surface area contributed by atoms with Crippen molar-refractivity contribution in [1.29, 1.82) is 0 Å². The van der Waals surface area contributed by atoms with Gasteiger partial charge in [0.25, 0.3) is 0 Å². The molecule has 12 aromatic rings. The Morgan fingerprint density at radius 2 is 0.746 bits per heavy atom. The molecule has 2 aromatic heterocycles. The normalized spacial score (nSPS) is 12.1. The third-order valence-electron chi connectivity index (χ3n) is 12.5. The van der Waals surface area contributed by atoms with E-state index in [-0.39, 0.29) is 0 Å². The van der Waals surface area contributed by atoms with Crippen molar-refractivity contribution in [2.45, 2.75) is 19.6 Å². The number of fused-ring (bicyclic) bond motifs is 6. The van der Waals surface area contributed by atoms with Gasteiger partial charge in [-0.2, -0.15) is 0 Å². The molecule has 0 unspecified atom stereocenters. The van der Waals surface area contributed by atoms with Crippen molar-refractivity contribution in [3.8, 4) is 39.1 Å². The number of hydrogen-bond donors (Lipinski definition) is 0. The first-order valence-electron chi connectivity index (χ1n) is 21.5. The summed E-state index contributed by atoms with van der Waals surface area (Å²) in [5.74, 6) is 0. The maximum Gasteiger partial charge on any atom is 0.143 e. The average molecular weight is 824 g/mol. The van der Waals surface area contributed by atoms with Crippen LogP contribution in [0.5, 0.6) is 0 Å². The summed E-state index contributed by atoms with van der Waals surface area (Å²) in [4.78, 5) is 5.13. The van der Waals surface area contributed by atoms with Gasteiger partial charge in [-0.25, -0.2) is 0 Å². The predicted octanol–water partition coefficient (Wildman–Crippen LogP) is 17.0. The van der Waals surface area contributed by atoms with E-state index in [4.69, 9.17) is 4.42 Å². The Hall–Kier alpha value is -7.85. The first kappa shape index (κ1) is 37.0. The zero-order valence-electron chi connectivity index (χ0n) is 34.4. The van der Waals surface area contributed by atoms with Crippen LogP contribution >= 0.6 is 10.0 Å². The van der Waals surface area contributed by atoms with Crippen molar-refractivity contribution in [3.05, 3.63) is 249 Å². The monoisotopic (exact) mass is 823 g/mol.